The van der Waals surface area contributed by atoms with Gasteiger partial charge in [-0.3, -0.25) is 9.69 Å². The third kappa shape index (κ3) is 4.93. The molecule has 2 aromatic heterocycles. The van der Waals surface area contributed by atoms with Crippen LogP contribution in [0.25, 0.3) is 0 Å². The smallest absolute Gasteiger partial charge is 0.229 e. The number of amides is 1. The summed E-state index contributed by atoms with van der Waals surface area (Å²) in [4.78, 5) is 33.9. The number of nitrogen functional groups attached to an aromatic ring is 1. The van der Waals surface area contributed by atoms with Crippen molar-refractivity contribution in [2.24, 2.45) is 5.92 Å². The van der Waals surface area contributed by atoms with E-state index in [1.807, 2.05) is 27.1 Å². The number of carbonyl (C=O) groups is 1. The Labute approximate surface area is 172 Å². The molecular formula is C18H25BrN8O. The van der Waals surface area contributed by atoms with Crippen molar-refractivity contribution in [2.75, 3.05) is 43.1 Å². The van der Waals surface area contributed by atoms with Crippen LogP contribution in [0, 0.1) is 5.92 Å². The molecule has 1 amide bonds. The van der Waals surface area contributed by atoms with Crippen LogP contribution in [0.15, 0.2) is 22.8 Å². The van der Waals surface area contributed by atoms with Gasteiger partial charge in [0, 0.05) is 31.3 Å². The lowest BCUT2D eigenvalue weighted by molar-refractivity contribution is -0.121. The number of nitrogens with one attached hydrogen (secondary N) is 1. The van der Waals surface area contributed by atoms with Gasteiger partial charge in [0.15, 0.2) is 5.82 Å². The summed E-state index contributed by atoms with van der Waals surface area (Å²) in [6, 6.07) is 3.57. The van der Waals surface area contributed by atoms with Gasteiger partial charge in [0.1, 0.15) is 5.82 Å². The lowest BCUT2D eigenvalue weighted by atomic mass is 9.96. The molecule has 1 saturated heterocycles. The second-order valence-corrected chi connectivity index (χ2v) is 8.02. The molecule has 0 aliphatic carbocycles. The van der Waals surface area contributed by atoms with Crippen LogP contribution in [0.2, 0.25) is 0 Å². The molecule has 1 fully saturated rings. The van der Waals surface area contributed by atoms with Gasteiger partial charge in [0.25, 0.3) is 0 Å². The van der Waals surface area contributed by atoms with Crippen molar-refractivity contribution >= 4 is 39.6 Å². The van der Waals surface area contributed by atoms with E-state index in [2.05, 4.69) is 46.1 Å². The molecule has 10 heteroatoms. The molecule has 0 saturated carbocycles. The number of likely N-dealkylation sites (tertiary alicyclic amines) is 1. The summed E-state index contributed by atoms with van der Waals surface area (Å²) in [7, 11) is 3.72. The van der Waals surface area contributed by atoms with Crippen LogP contribution < -0.4 is 16.0 Å². The first-order valence-corrected chi connectivity index (χ1v) is 9.98. The molecule has 0 aromatic carbocycles. The summed E-state index contributed by atoms with van der Waals surface area (Å²) in [5, 5.41) is 2.91. The molecule has 9 nitrogen and oxygen atoms in total. The van der Waals surface area contributed by atoms with Crippen molar-refractivity contribution in [1.29, 1.82) is 0 Å². The third-order valence-electron chi connectivity index (χ3n) is 4.78. The number of nitrogens with zero attached hydrogens (tertiary/aromatic N) is 6. The number of nitrogens with two attached hydrogens (primary N) is 1. The molecule has 1 aliphatic rings. The second-order valence-electron chi connectivity index (χ2n) is 7.11. The van der Waals surface area contributed by atoms with E-state index >= 15 is 0 Å². The molecule has 3 rings (SSSR count). The van der Waals surface area contributed by atoms with Crippen LogP contribution in [-0.2, 0) is 4.79 Å². The van der Waals surface area contributed by atoms with Crippen molar-refractivity contribution in [3.63, 3.8) is 0 Å². The fourth-order valence-electron chi connectivity index (χ4n) is 3.20. The second kappa shape index (κ2) is 8.78. The highest BCUT2D eigenvalue weighted by Crippen LogP contribution is 2.26. The minimum atomic E-state index is -0.117. The zero-order chi connectivity index (χ0) is 20.3. The number of anilines is 3. The molecule has 3 N–H and O–H groups in total. The normalized spacial score (nSPS) is 18.5. The number of piperidine rings is 1. The molecule has 150 valence electrons. The number of rotatable bonds is 5. The summed E-state index contributed by atoms with van der Waals surface area (Å²) >= 11 is 3.34. The molecule has 28 heavy (non-hydrogen) atoms. The molecule has 2 unspecified atom stereocenters. The molecule has 2 aromatic rings. The van der Waals surface area contributed by atoms with Crippen molar-refractivity contribution in [3.05, 3.63) is 28.6 Å². The maximum atomic E-state index is 12.7. The third-order valence-corrected chi connectivity index (χ3v) is 5.25. The predicted octanol–water partition coefficient (Wildman–Crippen LogP) is 2.09. The van der Waals surface area contributed by atoms with Crippen molar-refractivity contribution in [1.82, 2.24) is 24.8 Å². The maximum Gasteiger partial charge on any atom is 0.229 e. The van der Waals surface area contributed by atoms with Crippen LogP contribution in [0.3, 0.4) is 0 Å². The molecule has 0 bridgehead atoms. The fraction of sp³-hybridized carbons (Fsp3) is 0.500. The summed E-state index contributed by atoms with van der Waals surface area (Å²) < 4.78 is 0.872. The van der Waals surface area contributed by atoms with Gasteiger partial charge < -0.3 is 16.0 Å². The molecule has 0 radical (unpaired) electrons. The van der Waals surface area contributed by atoms with Gasteiger partial charge in [0.2, 0.25) is 17.8 Å². The van der Waals surface area contributed by atoms with Gasteiger partial charge in [-0.2, -0.15) is 15.0 Å². The van der Waals surface area contributed by atoms with Gasteiger partial charge in [-0.1, -0.05) is 0 Å². The van der Waals surface area contributed by atoms with Gasteiger partial charge in [-0.05, 0) is 54.4 Å². The first-order valence-electron chi connectivity index (χ1n) is 9.18. The number of carbonyl (C=O) groups excluding carboxylic acids is 1. The number of hydrogen-bond donors (Lipinski definition) is 2. The van der Waals surface area contributed by atoms with Crippen molar-refractivity contribution in [2.45, 2.75) is 25.8 Å². The molecule has 3 heterocycles. The fourth-order valence-corrected chi connectivity index (χ4v) is 3.43. The molecule has 1 aliphatic heterocycles. The van der Waals surface area contributed by atoms with Crippen molar-refractivity contribution < 1.29 is 4.79 Å². The van der Waals surface area contributed by atoms with Crippen molar-refractivity contribution in [3.8, 4) is 0 Å². The van der Waals surface area contributed by atoms with Gasteiger partial charge >= 0.3 is 0 Å². The Morgan fingerprint density at radius 1 is 1.36 bits per heavy atom. The van der Waals surface area contributed by atoms with Crippen LogP contribution in [-0.4, -0.2) is 57.9 Å². The Morgan fingerprint density at radius 2 is 2.14 bits per heavy atom. The zero-order valence-electron chi connectivity index (χ0n) is 16.3. The lowest BCUT2D eigenvalue weighted by Gasteiger charge is -2.35. The topological polar surface area (TPSA) is 113 Å². The molecule has 2 atom stereocenters. The minimum absolute atomic E-state index is 0.0177. The van der Waals surface area contributed by atoms with Crippen LogP contribution >= 0.6 is 15.9 Å². The number of halogens is 1. The highest BCUT2D eigenvalue weighted by Gasteiger charge is 2.30. The molecular weight excluding hydrogens is 424 g/mol. The first-order chi connectivity index (χ1) is 13.3. The average molecular weight is 449 g/mol. The van der Waals surface area contributed by atoms with Gasteiger partial charge in [0.05, 0.1) is 12.0 Å². The number of aromatic nitrogens is 4. The van der Waals surface area contributed by atoms with Crippen LogP contribution in [0.5, 0.6) is 0 Å². The highest BCUT2D eigenvalue weighted by atomic mass is 79.9. The summed E-state index contributed by atoms with van der Waals surface area (Å²) in [5.74, 6) is 1.77. The van der Waals surface area contributed by atoms with Crippen LogP contribution in [0.4, 0.5) is 17.7 Å². The van der Waals surface area contributed by atoms with E-state index < -0.39 is 0 Å². The Balaban J connectivity index is 1.68. The SMILES string of the molecule is CC(c1nc(N)nc(N(C)C)n1)N1CCCC(C(=O)Nc2ccc(Br)cn2)C1. The van der Waals surface area contributed by atoms with E-state index in [0.717, 1.165) is 23.9 Å². The van der Waals surface area contributed by atoms with E-state index in [4.69, 9.17) is 5.73 Å². The zero-order valence-corrected chi connectivity index (χ0v) is 17.8. The number of pyridine rings is 1. The molecule has 0 spiro atoms. The van der Waals surface area contributed by atoms with E-state index in [0.29, 0.717) is 24.1 Å². The lowest BCUT2D eigenvalue weighted by Crippen LogP contribution is -2.42. The standard InChI is InChI=1S/C18H25BrN8O/c1-11(15-23-17(20)25-18(24-15)26(2)3)27-8-4-5-12(10-27)16(28)22-14-7-6-13(19)9-21-14/h6-7,9,11-12H,4-5,8,10H2,1-3H3,(H,21,22,28)(H2,20,23,24,25). The largest absolute Gasteiger partial charge is 0.368 e. The van der Waals surface area contributed by atoms with Gasteiger partial charge in [-0.25, -0.2) is 4.98 Å². The Hall–Kier alpha value is -2.33. The van der Waals surface area contributed by atoms with E-state index in [1.54, 1.807) is 17.2 Å². The Kier molecular flexibility index (Phi) is 6.40. The highest BCUT2D eigenvalue weighted by molar-refractivity contribution is 9.10. The van der Waals surface area contributed by atoms with Crippen LogP contribution in [0.1, 0.15) is 31.6 Å². The summed E-state index contributed by atoms with van der Waals surface area (Å²) in [5.41, 5.74) is 5.85. The quantitative estimate of drug-likeness (QED) is 0.714. The summed E-state index contributed by atoms with van der Waals surface area (Å²) in [6.07, 6.45) is 3.43. The number of hydrogen-bond acceptors (Lipinski definition) is 8. The van der Waals surface area contributed by atoms with E-state index in [1.165, 1.54) is 0 Å². The van der Waals surface area contributed by atoms with E-state index in [-0.39, 0.29) is 23.8 Å². The Bertz CT molecular complexity index is 829. The first kappa shape index (κ1) is 20.4. The monoisotopic (exact) mass is 448 g/mol. The minimum Gasteiger partial charge on any atom is -0.368 e. The predicted molar refractivity (Wildman–Crippen MR) is 112 cm³/mol. The average Bonchev–Trinajstić information content (AvgIpc) is 2.68. The van der Waals surface area contributed by atoms with Gasteiger partial charge in [-0.15, -0.1) is 0 Å². The van der Waals surface area contributed by atoms with E-state index in [9.17, 15) is 4.79 Å². The summed E-state index contributed by atoms with van der Waals surface area (Å²) in [6.45, 7) is 3.54. The Morgan fingerprint density at radius 3 is 2.82 bits per heavy atom. The maximum absolute atomic E-state index is 12.7.